The first-order chi connectivity index (χ1) is 8.59. The Labute approximate surface area is 112 Å². The lowest BCUT2D eigenvalue weighted by Gasteiger charge is -2.21. The Morgan fingerprint density at radius 1 is 1.42 bits per heavy atom. The molecule has 0 atom stereocenters. The maximum atomic E-state index is 12.4. The van der Waals surface area contributed by atoms with Gasteiger partial charge in [-0.1, -0.05) is 22.1 Å². The number of rotatable bonds is 4. The van der Waals surface area contributed by atoms with Gasteiger partial charge in [0.1, 0.15) is 0 Å². The Balaban J connectivity index is 3.08. The van der Waals surface area contributed by atoms with Gasteiger partial charge in [0, 0.05) is 10.7 Å². The highest BCUT2D eigenvalue weighted by atomic mass is 35.5. The van der Waals surface area contributed by atoms with Crippen molar-refractivity contribution in [2.45, 2.75) is 12.1 Å². The molecule has 0 aromatic heterocycles. The number of hydrogen-bond acceptors (Lipinski definition) is 4. The van der Waals surface area contributed by atoms with Gasteiger partial charge >= 0.3 is 15.5 Å². The lowest BCUT2D eigenvalue weighted by Crippen LogP contribution is -2.39. The van der Waals surface area contributed by atoms with Crippen LogP contribution in [0.2, 0.25) is 5.02 Å². The molecule has 0 fully saturated rings. The van der Waals surface area contributed by atoms with Crippen molar-refractivity contribution in [2.75, 3.05) is 12.8 Å². The van der Waals surface area contributed by atoms with Crippen LogP contribution in [-0.4, -0.2) is 25.5 Å². The van der Waals surface area contributed by atoms with Crippen molar-refractivity contribution in [3.8, 4) is 0 Å². The van der Waals surface area contributed by atoms with E-state index in [4.69, 9.17) is 17.3 Å². The van der Waals surface area contributed by atoms with Gasteiger partial charge in [0.05, 0.1) is 13.7 Å². The highest BCUT2D eigenvalue weighted by molar-refractivity contribution is 7.89. The van der Waals surface area contributed by atoms with Gasteiger partial charge in [-0.15, -0.1) is 0 Å². The molecule has 0 bridgehead atoms. The first-order valence-corrected chi connectivity index (χ1v) is 6.58. The van der Waals surface area contributed by atoms with E-state index in [0.717, 1.165) is 7.11 Å². The molecule has 0 aliphatic carbocycles. The minimum Gasteiger partial charge on any atom is -0.399 e. The fourth-order valence-corrected chi connectivity index (χ4v) is 2.18. The van der Waals surface area contributed by atoms with Gasteiger partial charge < -0.3 is 5.73 Å². The first kappa shape index (κ1) is 16.0. The lowest BCUT2D eigenvalue weighted by atomic mass is 10.2. The molecule has 5 nitrogen and oxygen atoms in total. The van der Waals surface area contributed by atoms with Crippen molar-refractivity contribution >= 4 is 27.3 Å². The highest BCUT2D eigenvalue weighted by Gasteiger charge is 2.50. The highest BCUT2D eigenvalue weighted by Crippen LogP contribution is 2.29. The van der Waals surface area contributed by atoms with Crippen LogP contribution in [0.15, 0.2) is 18.2 Å². The van der Waals surface area contributed by atoms with E-state index in [2.05, 4.69) is 4.84 Å². The third-order valence-electron chi connectivity index (χ3n) is 2.14. The molecular formula is C9H10ClF3N2O3S. The molecule has 0 aliphatic rings. The van der Waals surface area contributed by atoms with Crippen LogP contribution in [0.25, 0.3) is 0 Å². The number of hydroxylamine groups is 1. The van der Waals surface area contributed by atoms with Crippen molar-refractivity contribution in [2.24, 2.45) is 0 Å². The summed E-state index contributed by atoms with van der Waals surface area (Å²) in [6.07, 6.45) is 0. The van der Waals surface area contributed by atoms with Gasteiger partial charge in [-0.3, -0.25) is 4.84 Å². The third kappa shape index (κ3) is 3.50. The third-order valence-corrected chi connectivity index (χ3v) is 3.89. The quantitative estimate of drug-likeness (QED) is 0.682. The number of nitrogen functional groups attached to an aromatic ring is 1. The second-order valence-electron chi connectivity index (χ2n) is 3.45. The van der Waals surface area contributed by atoms with E-state index < -0.39 is 22.1 Å². The molecule has 2 N–H and O–H groups in total. The fourth-order valence-electron chi connectivity index (χ4n) is 1.19. The number of anilines is 1. The zero-order chi connectivity index (χ0) is 14.8. The van der Waals surface area contributed by atoms with E-state index in [9.17, 15) is 21.6 Å². The van der Waals surface area contributed by atoms with Crippen LogP contribution < -0.4 is 5.73 Å². The van der Waals surface area contributed by atoms with Crippen LogP contribution in [0, 0.1) is 0 Å². The topological polar surface area (TPSA) is 72.6 Å². The summed E-state index contributed by atoms with van der Waals surface area (Å²) in [7, 11) is -4.78. The fraction of sp³-hybridized carbons (Fsp3) is 0.333. The van der Waals surface area contributed by atoms with Crippen molar-refractivity contribution < 1.29 is 26.4 Å². The monoisotopic (exact) mass is 318 g/mol. The minimum absolute atomic E-state index is 0.0411. The molecule has 0 spiro atoms. The Hall–Kier alpha value is -1.03. The molecule has 19 heavy (non-hydrogen) atoms. The second-order valence-corrected chi connectivity index (χ2v) is 5.67. The molecule has 0 saturated carbocycles. The SMILES string of the molecule is CON(Cc1ccc(N)cc1Cl)S(=O)(=O)C(F)(F)F. The summed E-state index contributed by atoms with van der Waals surface area (Å²) in [6.45, 7) is -0.683. The van der Waals surface area contributed by atoms with Gasteiger partial charge in [-0.25, -0.2) is 8.42 Å². The standard InChI is InChI=1S/C9H10ClF3N2O3S/c1-18-15(19(16,17)9(11,12)13)5-6-2-3-7(14)4-8(6)10/h2-4H,5,14H2,1H3. The van der Waals surface area contributed by atoms with E-state index in [0.29, 0.717) is 5.69 Å². The van der Waals surface area contributed by atoms with Crippen molar-refractivity contribution in [1.82, 2.24) is 4.47 Å². The molecule has 0 radical (unpaired) electrons. The molecular weight excluding hydrogens is 309 g/mol. The smallest absolute Gasteiger partial charge is 0.399 e. The van der Waals surface area contributed by atoms with Crippen LogP contribution >= 0.6 is 11.6 Å². The largest absolute Gasteiger partial charge is 0.513 e. The number of benzene rings is 1. The number of hydrogen-bond donors (Lipinski definition) is 1. The molecule has 0 saturated heterocycles. The summed E-state index contributed by atoms with van der Waals surface area (Å²) in [5, 5.41) is 0.0411. The summed E-state index contributed by atoms with van der Waals surface area (Å²) in [6, 6.07) is 4.00. The van der Waals surface area contributed by atoms with Crippen LogP contribution in [0.5, 0.6) is 0 Å². The van der Waals surface area contributed by atoms with Gasteiger partial charge in [0.15, 0.2) is 0 Å². The molecule has 0 amide bonds. The first-order valence-electron chi connectivity index (χ1n) is 4.76. The normalized spacial score (nSPS) is 12.9. The van der Waals surface area contributed by atoms with Gasteiger partial charge in [-0.05, 0) is 17.7 Å². The molecule has 1 aromatic carbocycles. The van der Waals surface area contributed by atoms with E-state index in [1.807, 2.05) is 0 Å². The van der Waals surface area contributed by atoms with E-state index >= 15 is 0 Å². The number of nitrogens with two attached hydrogens (primary N) is 1. The van der Waals surface area contributed by atoms with Crippen molar-refractivity contribution in [3.05, 3.63) is 28.8 Å². The van der Waals surface area contributed by atoms with Crippen LogP contribution in [0.4, 0.5) is 18.9 Å². The predicted molar refractivity (Wildman–Crippen MR) is 63.4 cm³/mol. The lowest BCUT2D eigenvalue weighted by molar-refractivity contribution is -0.0968. The molecule has 0 heterocycles. The number of nitrogens with zero attached hydrogens (tertiary/aromatic N) is 1. The van der Waals surface area contributed by atoms with Crippen LogP contribution in [-0.2, 0) is 21.4 Å². The van der Waals surface area contributed by atoms with Crippen molar-refractivity contribution in [3.63, 3.8) is 0 Å². The zero-order valence-electron chi connectivity index (χ0n) is 9.61. The second kappa shape index (κ2) is 5.53. The van der Waals surface area contributed by atoms with Gasteiger partial charge in [0.25, 0.3) is 0 Å². The average molecular weight is 319 g/mol. The summed E-state index contributed by atoms with van der Waals surface area (Å²) in [5.74, 6) is 0. The molecule has 1 aromatic rings. The molecule has 108 valence electrons. The maximum absolute atomic E-state index is 12.4. The predicted octanol–water partition coefficient (Wildman–Crippen LogP) is 2.14. The van der Waals surface area contributed by atoms with Gasteiger partial charge in [0.2, 0.25) is 0 Å². The molecule has 1 rings (SSSR count). The van der Waals surface area contributed by atoms with Crippen molar-refractivity contribution in [1.29, 1.82) is 0 Å². The maximum Gasteiger partial charge on any atom is 0.513 e. The summed E-state index contributed by atoms with van der Waals surface area (Å²) >= 11 is 5.76. The zero-order valence-corrected chi connectivity index (χ0v) is 11.2. The van der Waals surface area contributed by atoms with Gasteiger partial charge in [-0.2, -0.15) is 13.2 Å². The number of halogens is 4. The molecule has 0 aliphatic heterocycles. The Kier molecular flexibility index (Phi) is 4.67. The molecule has 0 unspecified atom stereocenters. The van der Waals surface area contributed by atoms with E-state index in [-0.39, 0.29) is 15.1 Å². The minimum atomic E-state index is -5.59. The summed E-state index contributed by atoms with van der Waals surface area (Å²) in [5.41, 5.74) is 0.396. The Bertz CT molecular complexity index is 562. The van der Waals surface area contributed by atoms with E-state index in [1.54, 1.807) is 0 Å². The average Bonchev–Trinajstić information content (AvgIpc) is 2.26. The summed E-state index contributed by atoms with van der Waals surface area (Å²) in [4.78, 5) is 4.27. The summed E-state index contributed by atoms with van der Waals surface area (Å²) < 4.78 is 59.3. The number of sulfonamides is 1. The van der Waals surface area contributed by atoms with E-state index in [1.165, 1.54) is 18.2 Å². The van der Waals surface area contributed by atoms with Crippen LogP contribution in [0.1, 0.15) is 5.56 Å². The van der Waals surface area contributed by atoms with Crippen LogP contribution in [0.3, 0.4) is 0 Å². The molecule has 10 heteroatoms. The Morgan fingerprint density at radius 2 is 2.00 bits per heavy atom. The Morgan fingerprint density at radius 3 is 2.42 bits per heavy atom. The number of alkyl halides is 3.